The molecule has 0 aliphatic rings. The lowest BCUT2D eigenvalue weighted by Crippen LogP contribution is -2.50. The fraction of sp³-hybridized carbons (Fsp3) is 0.800. The van der Waals surface area contributed by atoms with Crippen LogP contribution < -0.4 is 0 Å². The van der Waals surface area contributed by atoms with Crippen molar-refractivity contribution >= 4 is 12.1 Å². The molecule has 1 N–H and O–H groups in total. The summed E-state index contributed by atoms with van der Waals surface area (Å²) in [6.07, 6.45) is -2.13. The first-order valence-corrected chi connectivity index (χ1v) is 5.77. The van der Waals surface area contributed by atoms with E-state index in [1.54, 1.807) is 6.92 Å². The highest BCUT2D eigenvalue weighted by Crippen LogP contribution is 2.12. The van der Waals surface area contributed by atoms with Gasteiger partial charge >= 0.3 is 12.1 Å². The van der Waals surface area contributed by atoms with E-state index in [0.29, 0.717) is 0 Å². The Kier molecular flexibility index (Phi) is 6.53. The molecular formula is C10H19N3O7. The van der Waals surface area contributed by atoms with Gasteiger partial charge < -0.3 is 19.8 Å². The van der Waals surface area contributed by atoms with Crippen molar-refractivity contribution in [1.29, 1.82) is 0 Å². The van der Waals surface area contributed by atoms with Crippen molar-refractivity contribution in [3.63, 3.8) is 0 Å². The van der Waals surface area contributed by atoms with Gasteiger partial charge in [0.15, 0.2) is 5.54 Å². The van der Waals surface area contributed by atoms with Crippen LogP contribution >= 0.6 is 0 Å². The van der Waals surface area contributed by atoms with Crippen molar-refractivity contribution in [2.45, 2.75) is 39.5 Å². The summed E-state index contributed by atoms with van der Waals surface area (Å²) in [5, 5.41) is 24.4. The summed E-state index contributed by atoms with van der Waals surface area (Å²) in [5.41, 5.74) is -1.49. The first-order chi connectivity index (χ1) is 9.12. The normalized spacial score (nSPS) is 13.3. The van der Waals surface area contributed by atoms with Crippen molar-refractivity contribution in [1.82, 2.24) is 5.01 Å². The van der Waals surface area contributed by atoms with E-state index in [-0.39, 0.29) is 11.6 Å². The fourth-order valence-electron chi connectivity index (χ4n) is 0.823. The third kappa shape index (κ3) is 5.16. The molecule has 0 aromatic heterocycles. The summed E-state index contributed by atoms with van der Waals surface area (Å²) in [6, 6.07) is 0. The van der Waals surface area contributed by atoms with E-state index >= 15 is 0 Å². The lowest BCUT2D eigenvalue weighted by atomic mass is 10.1. The van der Waals surface area contributed by atoms with E-state index in [1.165, 1.54) is 27.8 Å². The van der Waals surface area contributed by atoms with Crippen molar-refractivity contribution in [2.24, 2.45) is 5.28 Å². The first kappa shape index (κ1) is 17.7. The Bertz CT molecular complexity index is 383. The third-order valence-electron chi connectivity index (χ3n) is 2.38. The van der Waals surface area contributed by atoms with Gasteiger partial charge in [0.2, 0.25) is 5.28 Å². The summed E-state index contributed by atoms with van der Waals surface area (Å²) in [7, 11) is 1.23. The monoisotopic (exact) mass is 293 g/mol. The molecule has 0 spiro atoms. The van der Waals surface area contributed by atoms with Crippen LogP contribution in [0.5, 0.6) is 0 Å². The average Bonchev–Trinajstić information content (AvgIpc) is 2.34. The van der Waals surface area contributed by atoms with Gasteiger partial charge in [-0.15, -0.1) is 5.01 Å². The van der Waals surface area contributed by atoms with Crippen molar-refractivity contribution < 1.29 is 34.0 Å². The maximum Gasteiger partial charge on any atom is 0.511 e. The molecule has 0 saturated heterocycles. The Balaban J connectivity index is 4.52. The minimum Gasteiger partial charge on any atom is -0.569 e. The molecule has 20 heavy (non-hydrogen) atoms. The fourth-order valence-corrected chi connectivity index (χ4v) is 0.823. The van der Waals surface area contributed by atoms with Gasteiger partial charge in [-0.3, -0.25) is 4.84 Å². The van der Waals surface area contributed by atoms with Crippen LogP contribution in [0.25, 0.3) is 0 Å². The Morgan fingerprint density at radius 3 is 2.50 bits per heavy atom. The van der Waals surface area contributed by atoms with Crippen LogP contribution in [-0.2, 0) is 19.1 Å². The van der Waals surface area contributed by atoms with Crippen LogP contribution in [0, 0.1) is 5.21 Å². The number of carboxylic acids is 1. The highest BCUT2D eigenvalue weighted by atomic mass is 16.8. The Morgan fingerprint density at radius 2 is 2.05 bits per heavy atom. The zero-order valence-corrected chi connectivity index (χ0v) is 12.0. The van der Waals surface area contributed by atoms with Gasteiger partial charge in [-0.25, -0.2) is 9.59 Å². The van der Waals surface area contributed by atoms with Crippen molar-refractivity contribution in [3.05, 3.63) is 5.21 Å². The number of carbonyl (C=O) groups excluding carboxylic acids is 1. The van der Waals surface area contributed by atoms with Crippen LogP contribution in [0.3, 0.4) is 0 Å². The molecule has 10 heteroatoms. The SMILES string of the molecule is CCOC(=O)OC(C)O/N=[N+](\[O-])N(C)C(C)(C)C(=O)O. The van der Waals surface area contributed by atoms with E-state index in [4.69, 9.17) is 5.11 Å². The molecule has 0 rings (SSSR count). The van der Waals surface area contributed by atoms with E-state index in [0.717, 1.165) is 5.01 Å². The number of carboxylic acid groups (broad SMARTS) is 1. The second-order valence-corrected chi connectivity index (χ2v) is 4.20. The topological polar surface area (TPSA) is 124 Å². The Hall–Kier alpha value is -2.26. The quantitative estimate of drug-likeness (QED) is 0.243. The van der Waals surface area contributed by atoms with Crippen LogP contribution in [-0.4, -0.2) is 52.7 Å². The predicted octanol–water partition coefficient (Wildman–Crippen LogP) is 1.11. The van der Waals surface area contributed by atoms with E-state index < -0.39 is 24.0 Å². The summed E-state index contributed by atoms with van der Waals surface area (Å²) in [5.74, 6) is -1.22. The molecule has 10 nitrogen and oxygen atoms in total. The smallest absolute Gasteiger partial charge is 0.511 e. The molecule has 116 valence electrons. The number of hydrazine groups is 1. The molecular weight excluding hydrogens is 274 g/mol. The lowest BCUT2D eigenvalue weighted by Gasteiger charge is -2.26. The molecule has 0 fully saturated rings. The largest absolute Gasteiger partial charge is 0.569 e. The molecule has 0 aromatic carbocycles. The maximum absolute atomic E-state index is 11.5. The lowest BCUT2D eigenvalue weighted by molar-refractivity contribution is -0.719. The Morgan fingerprint density at radius 1 is 1.50 bits per heavy atom. The van der Waals surface area contributed by atoms with Gasteiger partial charge in [-0.05, 0) is 20.8 Å². The van der Waals surface area contributed by atoms with Gasteiger partial charge in [0, 0.05) is 6.92 Å². The molecule has 0 heterocycles. The average molecular weight is 293 g/mol. The highest BCUT2D eigenvalue weighted by Gasteiger charge is 2.38. The summed E-state index contributed by atoms with van der Waals surface area (Å²) >= 11 is 0. The number of hydrogen-bond acceptors (Lipinski definition) is 7. The predicted molar refractivity (Wildman–Crippen MR) is 64.2 cm³/mol. The van der Waals surface area contributed by atoms with Crippen LogP contribution in [0.2, 0.25) is 0 Å². The Labute approximate surface area is 116 Å². The van der Waals surface area contributed by atoms with E-state index in [1.807, 2.05) is 0 Å². The van der Waals surface area contributed by atoms with Gasteiger partial charge in [0.25, 0.3) is 6.29 Å². The number of aliphatic carboxylic acids is 1. The van der Waals surface area contributed by atoms with E-state index in [9.17, 15) is 14.8 Å². The number of nitrogens with zero attached hydrogens (tertiary/aromatic N) is 3. The standard InChI is InChI=1S/C10H19N3O7/c1-6-18-9(16)19-7(2)20-11-13(17)12(5)10(3,4)8(14)15/h7H,6H2,1-5H3,(H,14,15)/b13-11-. The second-order valence-electron chi connectivity index (χ2n) is 4.20. The molecule has 0 aromatic rings. The van der Waals surface area contributed by atoms with Crippen LogP contribution in [0.4, 0.5) is 4.79 Å². The second kappa shape index (κ2) is 7.36. The number of rotatable bonds is 7. The summed E-state index contributed by atoms with van der Waals surface area (Å²) in [6.45, 7) is 5.67. The number of carbonyl (C=O) groups is 2. The molecule has 0 aliphatic carbocycles. The molecule has 0 saturated carbocycles. The highest BCUT2D eigenvalue weighted by molar-refractivity contribution is 5.77. The minimum atomic E-state index is -1.49. The summed E-state index contributed by atoms with van der Waals surface area (Å²) < 4.78 is 9.07. The minimum absolute atomic E-state index is 0.0564. The first-order valence-electron chi connectivity index (χ1n) is 5.77. The zero-order chi connectivity index (χ0) is 15.9. The summed E-state index contributed by atoms with van der Waals surface area (Å²) in [4.78, 5) is 26.4. The number of hydrogen-bond donors (Lipinski definition) is 1. The van der Waals surface area contributed by atoms with Crippen molar-refractivity contribution in [3.8, 4) is 0 Å². The zero-order valence-electron chi connectivity index (χ0n) is 12.0. The van der Waals surface area contributed by atoms with E-state index in [2.05, 4.69) is 19.6 Å². The molecule has 1 unspecified atom stereocenters. The number of likely N-dealkylation sites (N-methyl/N-ethyl adjacent to an activating group) is 1. The molecule has 1 atom stereocenters. The van der Waals surface area contributed by atoms with Crippen LogP contribution in [0.15, 0.2) is 5.28 Å². The molecule has 0 amide bonds. The van der Waals surface area contributed by atoms with Gasteiger partial charge in [-0.1, -0.05) is 0 Å². The maximum atomic E-state index is 11.5. The van der Waals surface area contributed by atoms with Crippen LogP contribution in [0.1, 0.15) is 27.7 Å². The van der Waals surface area contributed by atoms with Crippen molar-refractivity contribution in [2.75, 3.05) is 13.7 Å². The van der Waals surface area contributed by atoms with Gasteiger partial charge in [0.1, 0.15) is 0 Å². The molecule has 0 radical (unpaired) electrons. The van der Waals surface area contributed by atoms with Gasteiger partial charge in [-0.2, -0.15) is 0 Å². The molecule has 0 bridgehead atoms. The third-order valence-corrected chi connectivity index (χ3v) is 2.38. The number of ether oxygens (including phenoxy) is 2. The molecule has 0 aliphatic heterocycles. The van der Waals surface area contributed by atoms with Gasteiger partial charge in [0.05, 0.1) is 18.6 Å².